The number of hydrogen-bond acceptors (Lipinski definition) is 7. The highest BCUT2D eigenvalue weighted by atomic mass is 35.5. The molecule has 3 aliphatic rings. The Morgan fingerprint density at radius 3 is 2.45 bits per heavy atom. The fourth-order valence-electron chi connectivity index (χ4n) is 8.04. The van der Waals surface area contributed by atoms with E-state index in [-0.39, 0.29) is 29.2 Å². The van der Waals surface area contributed by atoms with Crippen LogP contribution in [0.1, 0.15) is 67.6 Å². The fraction of sp³-hybridized carbons (Fsp3) is 0.462. The molecule has 0 spiro atoms. The van der Waals surface area contributed by atoms with Crippen molar-refractivity contribution in [3.63, 3.8) is 0 Å². The number of aromatic nitrogens is 3. The van der Waals surface area contributed by atoms with Crippen LogP contribution in [-0.2, 0) is 34.4 Å². The van der Waals surface area contributed by atoms with E-state index in [0.717, 1.165) is 79.5 Å². The highest BCUT2D eigenvalue weighted by molar-refractivity contribution is 6.32. The number of ether oxygens (including phenoxy) is 1. The van der Waals surface area contributed by atoms with Gasteiger partial charge in [0.15, 0.2) is 0 Å². The third-order valence-corrected chi connectivity index (χ3v) is 11.5. The second-order valence-electron chi connectivity index (χ2n) is 14.4. The molecule has 3 amide bonds. The maximum atomic E-state index is 13.3. The predicted octanol–water partition coefficient (Wildman–Crippen LogP) is 5.19. The van der Waals surface area contributed by atoms with Gasteiger partial charge in [0.05, 0.1) is 13.3 Å². The van der Waals surface area contributed by atoms with Crippen LogP contribution in [0.4, 0.5) is 0 Å². The van der Waals surface area contributed by atoms with Crippen molar-refractivity contribution in [1.82, 2.24) is 29.9 Å². The lowest BCUT2D eigenvalue weighted by Crippen LogP contribution is -2.41. The minimum absolute atomic E-state index is 0.139. The zero-order chi connectivity index (χ0) is 35.6. The average Bonchev–Trinajstić information content (AvgIpc) is 3.63. The molecule has 0 saturated carbocycles. The number of H-pyrrole nitrogens is 1. The van der Waals surface area contributed by atoms with Gasteiger partial charge >= 0.3 is 0 Å². The van der Waals surface area contributed by atoms with Crippen molar-refractivity contribution in [2.75, 3.05) is 33.3 Å². The molecule has 12 heteroatoms. The Kier molecular flexibility index (Phi) is 10.3. The fourth-order valence-corrected chi connectivity index (χ4v) is 8.31. The van der Waals surface area contributed by atoms with Crippen molar-refractivity contribution in [3.8, 4) is 16.9 Å². The molecule has 7 rings (SSSR count). The number of aryl methyl sites for hydroxylation is 1. The number of piperidine rings is 3. The van der Waals surface area contributed by atoms with Crippen LogP contribution in [-0.4, -0.2) is 75.6 Å². The summed E-state index contributed by atoms with van der Waals surface area (Å²) in [6.07, 6.45) is 9.54. The maximum Gasteiger partial charge on any atom is 0.276 e. The van der Waals surface area contributed by atoms with Gasteiger partial charge in [-0.2, -0.15) is 5.10 Å². The number of amides is 3. The predicted molar refractivity (Wildman–Crippen MR) is 196 cm³/mol. The van der Waals surface area contributed by atoms with E-state index in [4.69, 9.17) is 16.3 Å². The monoisotopic (exact) mass is 712 g/mol. The number of nitrogens with one attached hydrogen (secondary N) is 2. The molecule has 0 bridgehead atoms. The molecule has 4 aromatic rings. The van der Waals surface area contributed by atoms with Gasteiger partial charge in [-0.1, -0.05) is 35.9 Å². The molecule has 3 aliphatic heterocycles. The first kappa shape index (κ1) is 34.9. The first-order chi connectivity index (χ1) is 24.7. The van der Waals surface area contributed by atoms with Gasteiger partial charge in [0.2, 0.25) is 17.7 Å². The Hall–Kier alpha value is -4.48. The zero-order valence-corrected chi connectivity index (χ0v) is 30.0. The molecule has 3 saturated heterocycles. The van der Waals surface area contributed by atoms with E-state index in [9.17, 15) is 19.2 Å². The highest BCUT2D eigenvalue weighted by Gasteiger charge is 2.29. The molecule has 2 N–H and O–H groups in total. The molecule has 3 fully saturated rings. The number of halogens is 1. The van der Waals surface area contributed by atoms with Gasteiger partial charge in [0, 0.05) is 73.2 Å². The van der Waals surface area contributed by atoms with E-state index in [1.54, 1.807) is 26.6 Å². The molecule has 268 valence electrons. The summed E-state index contributed by atoms with van der Waals surface area (Å²) in [4.78, 5) is 53.9. The number of carbonyl (C=O) groups is 3. The quantitative estimate of drug-likeness (QED) is 0.229. The Labute approximate surface area is 302 Å². The van der Waals surface area contributed by atoms with Crippen LogP contribution in [0.2, 0.25) is 5.02 Å². The van der Waals surface area contributed by atoms with E-state index in [1.807, 2.05) is 17.0 Å². The summed E-state index contributed by atoms with van der Waals surface area (Å²) in [5, 5.41) is 10.7. The number of methoxy groups -OCH3 is 1. The van der Waals surface area contributed by atoms with Crippen LogP contribution in [0.5, 0.6) is 5.75 Å². The molecule has 2 aromatic carbocycles. The van der Waals surface area contributed by atoms with E-state index in [0.29, 0.717) is 60.4 Å². The second-order valence-corrected chi connectivity index (χ2v) is 14.8. The number of benzene rings is 2. The molecule has 11 nitrogen and oxygen atoms in total. The minimum Gasteiger partial charge on any atom is -0.496 e. The summed E-state index contributed by atoms with van der Waals surface area (Å²) in [7, 11) is 3.37. The smallest absolute Gasteiger partial charge is 0.276 e. The first-order valence-corrected chi connectivity index (χ1v) is 18.4. The molecular weight excluding hydrogens is 668 g/mol. The number of rotatable bonds is 9. The third kappa shape index (κ3) is 7.60. The number of fused-ring (bicyclic) bond motifs is 1. The summed E-state index contributed by atoms with van der Waals surface area (Å²) >= 11 is 6.89. The van der Waals surface area contributed by atoms with E-state index >= 15 is 0 Å². The van der Waals surface area contributed by atoms with Crippen molar-refractivity contribution in [2.24, 2.45) is 18.9 Å². The van der Waals surface area contributed by atoms with Gasteiger partial charge in [-0.3, -0.25) is 34.5 Å². The minimum atomic E-state index is -0.179. The number of pyridine rings is 1. The number of carbonyl (C=O) groups excluding carboxylic acids is 3. The number of imide groups is 1. The molecule has 51 heavy (non-hydrogen) atoms. The molecule has 2 aromatic heterocycles. The van der Waals surface area contributed by atoms with E-state index in [2.05, 4.69) is 44.7 Å². The van der Waals surface area contributed by atoms with E-state index in [1.165, 1.54) is 10.1 Å². The van der Waals surface area contributed by atoms with Gasteiger partial charge < -0.3 is 14.2 Å². The van der Waals surface area contributed by atoms with Gasteiger partial charge in [-0.25, -0.2) is 0 Å². The van der Waals surface area contributed by atoms with Crippen LogP contribution in [0.25, 0.3) is 22.0 Å². The van der Waals surface area contributed by atoms with Crippen LogP contribution in [0.3, 0.4) is 0 Å². The van der Waals surface area contributed by atoms with Crippen LogP contribution < -0.4 is 15.6 Å². The first-order valence-electron chi connectivity index (χ1n) is 18.0. The van der Waals surface area contributed by atoms with Crippen molar-refractivity contribution >= 4 is 40.2 Å². The lowest BCUT2D eigenvalue weighted by molar-refractivity contribution is -0.136. The molecule has 1 unspecified atom stereocenters. The van der Waals surface area contributed by atoms with Crippen molar-refractivity contribution < 1.29 is 19.1 Å². The number of aromatic amines is 1. The summed E-state index contributed by atoms with van der Waals surface area (Å²) in [6, 6.07) is 12.5. The van der Waals surface area contributed by atoms with Crippen LogP contribution in [0, 0.1) is 11.8 Å². The standard InChI is InChI=1S/C39H45ClN6O5/c1-44-22-31(30-21-41-43-37(30)39(44)50)29-19-33(40)32(34(20-29)51-2)23-45-13-9-25(10-14-45)18-36(48)46-15-11-27(12-16-46)26-5-3-24(4-6-26)17-28-7-8-35(47)42-38(28)49/h3-6,19-22,25,27-28H,7-18,23H2,1-2H3,(H,41,43)(H,42,47,49). The molecule has 1 atom stereocenters. The number of hydrogen-bond donors (Lipinski definition) is 2. The Balaban J connectivity index is 0.886. The summed E-state index contributed by atoms with van der Waals surface area (Å²) in [6.45, 7) is 3.98. The Morgan fingerprint density at radius 1 is 1.00 bits per heavy atom. The zero-order valence-electron chi connectivity index (χ0n) is 29.3. The molecular formula is C39H45ClN6O5. The van der Waals surface area contributed by atoms with Gasteiger partial charge in [-0.05, 0) is 92.3 Å². The van der Waals surface area contributed by atoms with Crippen molar-refractivity contribution in [3.05, 3.63) is 80.9 Å². The third-order valence-electron chi connectivity index (χ3n) is 11.2. The Morgan fingerprint density at radius 2 is 1.75 bits per heavy atom. The SMILES string of the molecule is COc1cc(-c2cn(C)c(=O)c3[nH]ncc23)cc(Cl)c1CN1CCC(CC(=O)N2CCC(c3ccc(CC4CCC(=O)NC4=O)cc3)CC2)CC1. The number of likely N-dealkylation sites (tertiary alicyclic amines) is 2. The van der Waals surface area contributed by atoms with Gasteiger partial charge in [0.1, 0.15) is 11.3 Å². The van der Waals surface area contributed by atoms with Gasteiger partial charge in [0.25, 0.3) is 5.56 Å². The summed E-state index contributed by atoms with van der Waals surface area (Å²) in [5.41, 5.74) is 5.34. The Bertz CT molecular complexity index is 1990. The number of nitrogens with zero attached hydrogens (tertiary/aromatic N) is 4. The molecule has 5 heterocycles. The van der Waals surface area contributed by atoms with Crippen LogP contribution in [0.15, 0.2) is 53.6 Å². The van der Waals surface area contributed by atoms with E-state index < -0.39 is 0 Å². The van der Waals surface area contributed by atoms with Gasteiger partial charge in [-0.15, -0.1) is 0 Å². The highest BCUT2D eigenvalue weighted by Crippen LogP contribution is 2.37. The summed E-state index contributed by atoms with van der Waals surface area (Å²) < 4.78 is 7.36. The topological polar surface area (TPSA) is 130 Å². The lowest BCUT2D eigenvalue weighted by Gasteiger charge is -2.35. The molecule has 0 aliphatic carbocycles. The van der Waals surface area contributed by atoms with Crippen molar-refractivity contribution in [1.29, 1.82) is 0 Å². The maximum absolute atomic E-state index is 13.3. The average molecular weight is 713 g/mol. The van der Waals surface area contributed by atoms with Crippen LogP contribution >= 0.6 is 11.6 Å². The lowest BCUT2D eigenvalue weighted by atomic mass is 9.86. The molecule has 0 radical (unpaired) electrons. The normalized spacial score (nSPS) is 19.4. The second kappa shape index (κ2) is 15.0. The summed E-state index contributed by atoms with van der Waals surface area (Å²) in [5.74, 6) is 1.26. The van der Waals surface area contributed by atoms with Crippen molar-refractivity contribution in [2.45, 2.75) is 63.8 Å². The largest absolute Gasteiger partial charge is 0.496 e.